The molecule has 4 rings (SSSR count). The minimum absolute atomic E-state index is 1.32. The van der Waals surface area contributed by atoms with E-state index in [9.17, 15) is 0 Å². The Kier molecular flexibility index (Phi) is 12.4. The first-order chi connectivity index (χ1) is 18.7. The van der Waals surface area contributed by atoms with Crippen molar-refractivity contribution in [2.75, 3.05) is 0 Å². The van der Waals surface area contributed by atoms with Crippen LogP contribution in [0.1, 0.15) is 79.1 Å². The molecule has 0 aliphatic rings. The second kappa shape index (κ2) is 15.7. The maximum atomic E-state index is 2.61. The molecule has 0 bridgehead atoms. The Balaban J connectivity index is 2.05. The number of hydrogen-bond donors (Lipinski definition) is 0. The van der Waals surface area contributed by atoms with Gasteiger partial charge in [0, 0.05) is 0 Å². The number of benzene rings is 4. The number of unbranched alkanes of at least 4 members (excludes halogenated alkanes) is 4. The van der Waals surface area contributed by atoms with E-state index in [0.29, 0.717) is 0 Å². The van der Waals surface area contributed by atoms with Crippen LogP contribution in [0.15, 0.2) is 72.8 Å². The van der Waals surface area contributed by atoms with E-state index in [1.165, 1.54) is 90.4 Å². The molecule has 0 heterocycles. The maximum absolute atomic E-state index is 2.61. The SMILES string of the molecule is CCC[CH2][Sb]([CH2]CCC)[c]1ccc2ccccc2c1-c1[c]([Sb]([CH2]CCC)[CH2]CCC)ccc2ccccc12. The van der Waals surface area contributed by atoms with Crippen molar-refractivity contribution in [2.45, 2.75) is 96.5 Å². The van der Waals surface area contributed by atoms with Crippen molar-refractivity contribution in [3.8, 4) is 11.1 Å². The normalized spacial score (nSPS) is 11.8. The molecule has 4 aromatic carbocycles. The summed E-state index contributed by atoms with van der Waals surface area (Å²) in [5, 5.41) is 5.86. The van der Waals surface area contributed by atoms with Crippen LogP contribution in [0.25, 0.3) is 32.7 Å². The summed E-state index contributed by atoms with van der Waals surface area (Å²) >= 11 is -3.31. The van der Waals surface area contributed by atoms with E-state index < -0.39 is 40.4 Å². The molecule has 0 unspecified atom stereocenters. The van der Waals surface area contributed by atoms with Gasteiger partial charge >= 0.3 is 249 Å². The predicted molar refractivity (Wildman–Crippen MR) is 177 cm³/mol. The quantitative estimate of drug-likeness (QED) is 0.107. The van der Waals surface area contributed by atoms with E-state index in [2.05, 4.69) is 100 Å². The molecule has 0 fully saturated rings. The second-order valence-electron chi connectivity index (χ2n) is 10.7. The fourth-order valence-corrected chi connectivity index (χ4v) is 22.4. The van der Waals surface area contributed by atoms with Crippen molar-refractivity contribution < 1.29 is 0 Å². The van der Waals surface area contributed by atoms with Crippen LogP contribution in [-0.2, 0) is 0 Å². The Labute approximate surface area is 247 Å². The minimum atomic E-state index is -1.66. The Morgan fingerprint density at radius 3 is 1.11 bits per heavy atom. The Morgan fingerprint density at radius 1 is 0.421 bits per heavy atom. The fourth-order valence-electron chi connectivity index (χ4n) is 5.67. The summed E-state index contributed by atoms with van der Waals surface area (Å²) in [4.78, 5) is 0. The van der Waals surface area contributed by atoms with E-state index in [-0.39, 0.29) is 0 Å². The molecule has 0 saturated carbocycles. The van der Waals surface area contributed by atoms with Gasteiger partial charge in [0.05, 0.1) is 0 Å². The molecule has 0 N–H and O–H groups in total. The third-order valence-corrected chi connectivity index (χ3v) is 23.7. The van der Waals surface area contributed by atoms with Crippen molar-refractivity contribution in [3.05, 3.63) is 72.8 Å². The van der Waals surface area contributed by atoms with Crippen molar-refractivity contribution in [3.63, 3.8) is 0 Å². The molecule has 4 aromatic rings. The average Bonchev–Trinajstić information content (AvgIpc) is 2.96. The molecule has 0 aliphatic carbocycles. The average molecular weight is 724 g/mol. The molecule has 0 spiro atoms. The Morgan fingerprint density at radius 2 is 0.763 bits per heavy atom. The zero-order valence-corrected chi connectivity index (χ0v) is 29.4. The molecule has 2 heteroatoms. The van der Waals surface area contributed by atoms with Crippen molar-refractivity contribution in [1.29, 1.82) is 0 Å². The molecule has 0 saturated heterocycles. The van der Waals surface area contributed by atoms with Crippen LogP contribution in [0, 0.1) is 0 Å². The van der Waals surface area contributed by atoms with Crippen molar-refractivity contribution >= 4 is 69.0 Å². The van der Waals surface area contributed by atoms with Crippen molar-refractivity contribution in [1.82, 2.24) is 0 Å². The zero-order chi connectivity index (χ0) is 26.7. The van der Waals surface area contributed by atoms with Crippen LogP contribution in [0.5, 0.6) is 0 Å². The summed E-state index contributed by atoms with van der Waals surface area (Å²) in [5.41, 5.74) is 3.32. The summed E-state index contributed by atoms with van der Waals surface area (Å²) in [7, 11) is 0. The summed E-state index contributed by atoms with van der Waals surface area (Å²) in [6.07, 6.45) is 10.9. The van der Waals surface area contributed by atoms with Gasteiger partial charge in [-0.3, -0.25) is 0 Å². The number of hydrogen-bond acceptors (Lipinski definition) is 0. The Bertz CT molecular complexity index is 1170. The van der Waals surface area contributed by atoms with Gasteiger partial charge in [-0.05, 0) is 0 Å². The molecular formula is C36H48Sb2. The topological polar surface area (TPSA) is 0 Å². The first kappa shape index (κ1) is 30.0. The summed E-state index contributed by atoms with van der Waals surface area (Å²) in [6.45, 7) is 9.51. The van der Waals surface area contributed by atoms with Crippen LogP contribution in [-0.4, -0.2) is 40.4 Å². The third kappa shape index (κ3) is 7.21. The standard InChI is InChI=1S/C20H12.4C4H9.2Sb/c1-3-11-17-15(7-1)9-5-13-19(17)20-14-6-10-16-8-2-4-12-18(16)20;4*1-3-4-2;;/h1-12H;4*1,3-4H2,2H3;;. The van der Waals surface area contributed by atoms with E-state index in [0.717, 1.165) is 0 Å². The van der Waals surface area contributed by atoms with E-state index in [1.54, 1.807) is 18.1 Å². The van der Waals surface area contributed by atoms with E-state index in [4.69, 9.17) is 0 Å². The van der Waals surface area contributed by atoms with E-state index >= 15 is 0 Å². The van der Waals surface area contributed by atoms with Crippen LogP contribution >= 0.6 is 0 Å². The molecule has 0 radical (unpaired) electrons. The monoisotopic (exact) mass is 722 g/mol. The van der Waals surface area contributed by atoms with Gasteiger partial charge in [0.2, 0.25) is 0 Å². The van der Waals surface area contributed by atoms with Crippen LogP contribution < -0.4 is 7.02 Å². The van der Waals surface area contributed by atoms with Crippen LogP contribution in [0.2, 0.25) is 17.5 Å². The van der Waals surface area contributed by atoms with Gasteiger partial charge in [-0.1, -0.05) is 0 Å². The van der Waals surface area contributed by atoms with Crippen LogP contribution in [0.4, 0.5) is 0 Å². The van der Waals surface area contributed by atoms with Gasteiger partial charge in [-0.15, -0.1) is 0 Å². The first-order valence-electron chi connectivity index (χ1n) is 15.3. The van der Waals surface area contributed by atoms with Crippen LogP contribution in [0.3, 0.4) is 0 Å². The van der Waals surface area contributed by atoms with Gasteiger partial charge in [-0.25, -0.2) is 0 Å². The number of fused-ring (bicyclic) bond motifs is 2. The van der Waals surface area contributed by atoms with Gasteiger partial charge in [-0.2, -0.15) is 0 Å². The molecule has 202 valence electrons. The molecule has 0 nitrogen and oxygen atoms in total. The first-order valence-corrected chi connectivity index (χ1v) is 25.0. The molecule has 0 atom stereocenters. The summed E-state index contributed by atoms with van der Waals surface area (Å²) in [5.74, 6) is 0. The summed E-state index contributed by atoms with van der Waals surface area (Å²) < 4.78 is 9.55. The molecule has 38 heavy (non-hydrogen) atoms. The molecule has 0 aliphatic heterocycles. The zero-order valence-electron chi connectivity index (χ0n) is 24.3. The Hall–Kier alpha value is -0.964. The molecule has 0 amide bonds. The second-order valence-corrected chi connectivity index (χ2v) is 24.8. The van der Waals surface area contributed by atoms with E-state index in [1.807, 2.05) is 0 Å². The van der Waals surface area contributed by atoms with Gasteiger partial charge in [0.1, 0.15) is 0 Å². The van der Waals surface area contributed by atoms with Gasteiger partial charge in [0.15, 0.2) is 0 Å². The fraction of sp³-hybridized carbons (Fsp3) is 0.444. The molecule has 0 aromatic heterocycles. The number of rotatable bonds is 15. The van der Waals surface area contributed by atoms with Crippen molar-refractivity contribution in [2.24, 2.45) is 0 Å². The predicted octanol–water partition coefficient (Wildman–Crippen LogP) is 10.3. The third-order valence-electron chi connectivity index (χ3n) is 7.87. The molecular weight excluding hydrogens is 676 g/mol. The van der Waals surface area contributed by atoms with Gasteiger partial charge in [0.25, 0.3) is 0 Å². The summed E-state index contributed by atoms with van der Waals surface area (Å²) in [6, 6.07) is 28.7. The van der Waals surface area contributed by atoms with Gasteiger partial charge < -0.3 is 0 Å².